The Morgan fingerprint density at radius 3 is 2.56 bits per heavy atom. The summed E-state index contributed by atoms with van der Waals surface area (Å²) >= 11 is 1.64. The Labute approximate surface area is 148 Å². The molecule has 0 radical (unpaired) electrons. The normalized spacial score (nSPS) is 10.6. The van der Waals surface area contributed by atoms with Gasteiger partial charge in [-0.2, -0.15) is 4.98 Å². The fraction of sp³-hybridized carbons (Fsp3) is 0.167. The highest BCUT2D eigenvalue weighted by Gasteiger charge is 2.11. The molecule has 1 N–H and O–H groups in total. The third-order valence-corrected chi connectivity index (χ3v) is 4.25. The summed E-state index contributed by atoms with van der Waals surface area (Å²) in [7, 11) is 0. The predicted molar refractivity (Wildman–Crippen MR) is 94.9 cm³/mol. The van der Waals surface area contributed by atoms with Crippen LogP contribution in [0.5, 0.6) is 0 Å². The van der Waals surface area contributed by atoms with Gasteiger partial charge in [0, 0.05) is 29.0 Å². The Hall–Kier alpha value is -2.67. The van der Waals surface area contributed by atoms with E-state index in [0.29, 0.717) is 23.7 Å². The zero-order chi connectivity index (χ0) is 17.6. The van der Waals surface area contributed by atoms with Gasteiger partial charge in [0.25, 0.3) is 0 Å². The second-order valence-corrected chi connectivity index (χ2v) is 6.17. The van der Waals surface area contributed by atoms with Gasteiger partial charge in [0.05, 0.1) is 0 Å². The van der Waals surface area contributed by atoms with Crippen LogP contribution in [-0.4, -0.2) is 22.3 Å². The van der Waals surface area contributed by atoms with E-state index < -0.39 is 0 Å². The largest absolute Gasteiger partial charge is 0.339 e. The second-order valence-electron chi connectivity index (χ2n) is 5.30. The van der Waals surface area contributed by atoms with Crippen molar-refractivity contribution in [3.05, 3.63) is 60.2 Å². The molecule has 1 aromatic heterocycles. The van der Waals surface area contributed by atoms with Crippen LogP contribution in [0.25, 0.3) is 11.4 Å². The molecule has 5 nitrogen and oxygen atoms in total. The van der Waals surface area contributed by atoms with Gasteiger partial charge < -0.3 is 9.84 Å². The van der Waals surface area contributed by atoms with Gasteiger partial charge in [0.2, 0.25) is 17.6 Å². The first kappa shape index (κ1) is 17.2. The summed E-state index contributed by atoms with van der Waals surface area (Å²) in [5.41, 5.74) is 1.41. The summed E-state index contributed by atoms with van der Waals surface area (Å²) in [6.07, 6.45) is 2.57. The van der Waals surface area contributed by atoms with Crippen LogP contribution in [0, 0.1) is 5.82 Å². The monoisotopic (exact) mass is 357 g/mol. The van der Waals surface area contributed by atoms with Crippen molar-refractivity contribution in [2.75, 3.05) is 11.6 Å². The number of nitrogens with zero attached hydrogens (tertiary/aromatic N) is 2. The van der Waals surface area contributed by atoms with Crippen molar-refractivity contribution in [2.24, 2.45) is 0 Å². The number of aryl methyl sites for hydroxylation is 1. The number of aromatic nitrogens is 2. The van der Waals surface area contributed by atoms with Crippen molar-refractivity contribution in [2.45, 2.75) is 17.7 Å². The second kappa shape index (κ2) is 7.94. The van der Waals surface area contributed by atoms with Crippen LogP contribution in [0.15, 0.2) is 57.9 Å². The van der Waals surface area contributed by atoms with Gasteiger partial charge in [-0.05, 0) is 54.8 Å². The molecular weight excluding hydrogens is 341 g/mol. The number of nitrogens with one attached hydrogen (secondary N) is 1. The highest BCUT2D eigenvalue weighted by atomic mass is 32.2. The molecule has 0 atom stereocenters. The highest BCUT2D eigenvalue weighted by molar-refractivity contribution is 7.98. The molecule has 7 heteroatoms. The standard InChI is InChI=1S/C18H16FN3O2S/c1-25-15-8-6-14(7-9-15)20-16(23)10-11-17-21-18(22-24-17)12-2-4-13(19)5-3-12/h2-9H,10-11H2,1H3,(H,20,23). The van der Waals surface area contributed by atoms with Crippen LogP contribution < -0.4 is 5.32 Å². The lowest BCUT2D eigenvalue weighted by atomic mass is 10.2. The maximum Gasteiger partial charge on any atom is 0.227 e. The van der Waals surface area contributed by atoms with Gasteiger partial charge in [-0.25, -0.2) is 4.39 Å². The number of carbonyl (C=O) groups excluding carboxylic acids is 1. The Morgan fingerprint density at radius 1 is 1.16 bits per heavy atom. The summed E-state index contributed by atoms with van der Waals surface area (Å²) in [5.74, 6) is 0.295. The third-order valence-electron chi connectivity index (χ3n) is 3.51. The molecule has 25 heavy (non-hydrogen) atoms. The number of amides is 1. The van der Waals surface area contributed by atoms with E-state index in [0.717, 1.165) is 10.6 Å². The first-order valence-electron chi connectivity index (χ1n) is 7.66. The number of benzene rings is 2. The number of thioether (sulfide) groups is 1. The number of carbonyl (C=O) groups is 1. The quantitative estimate of drug-likeness (QED) is 0.671. The molecule has 0 unspecified atom stereocenters. The lowest BCUT2D eigenvalue weighted by molar-refractivity contribution is -0.116. The van der Waals surface area contributed by atoms with Gasteiger partial charge >= 0.3 is 0 Å². The Kier molecular flexibility index (Phi) is 5.45. The molecular formula is C18H16FN3O2S. The van der Waals surface area contributed by atoms with Crippen LogP contribution in [0.3, 0.4) is 0 Å². The lowest BCUT2D eigenvalue weighted by Crippen LogP contribution is -2.12. The first-order valence-corrected chi connectivity index (χ1v) is 8.89. The van der Waals surface area contributed by atoms with E-state index in [2.05, 4.69) is 15.5 Å². The van der Waals surface area contributed by atoms with Crippen LogP contribution in [0.2, 0.25) is 0 Å². The van der Waals surface area contributed by atoms with E-state index in [4.69, 9.17) is 4.52 Å². The average Bonchev–Trinajstić information content (AvgIpc) is 3.10. The maximum absolute atomic E-state index is 12.9. The number of halogens is 1. The summed E-state index contributed by atoms with van der Waals surface area (Å²) in [6.45, 7) is 0. The summed E-state index contributed by atoms with van der Waals surface area (Å²) in [6, 6.07) is 13.5. The predicted octanol–water partition coefficient (Wildman–Crippen LogP) is 4.17. The van der Waals surface area contributed by atoms with Gasteiger partial charge in [-0.1, -0.05) is 5.16 Å². The molecule has 1 heterocycles. The Bertz CT molecular complexity index is 848. The molecule has 0 aliphatic heterocycles. The maximum atomic E-state index is 12.9. The Morgan fingerprint density at radius 2 is 1.88 bits per heavy atom. The van der Waals surface area contributed by atoms with Crippen molar-refractivity contribution in [3.8, 4) is 11.4 Å². The molecule has 0 bridgehead atoms. The van der Waals surface area contributed by atoms with Gasteiger partial charge in [-0.15, -0.1) is 11.8 Å². The molecule has 0 fully saturated rings. The molecule has 3 aromatic rings. The average molecular weight is 357 g/mol. The minimum atomic E-state index is -0.324. The molecule has 0 spiro atoms. The molecule has 3 rings (SSSR count). The van der Waals surface area contributed by atoms with Crippen LogP contribution >= 0.6 is 11.8 Å². The minimum Gasteiger partial charge on any atom is -0.339 e. The summed E-state index contributed by atoms with van der Waals surface area (Å²) in [4.78, 5) is 17.4. The van der Waals surface area contributed by atoms with Gasteiger partial charge in [0.1, 0.15) is 5.82 Å². The van der Waals surface area contributed by atoms with Crippen LogP contribution in [0.1, 0.15) is 12.3 Å². The van der Waals surface area contributed by atoms with E-state index in [1.165, 1.54) is 12.1 Å². The minimum absolute atomic E-state index is 0.126. The van der Waals surface area contributed by atoms with Crippen molar-refractivity contribution in [3.63, 3.8) is 0 Å². The third kappa shape index (κ3) is 4.67. The first-order chi connectivity index (χ1) is 12.1. The fourth-order valence-corrected chi connectivity index (χ4v) is 2.60. The number of rotatable bonds is 6. The molecule has 0 aliphatic carbocycles. The van der Waals surface area contributed by atoms with Crippen molar-refractivity contribution < 1.29 is 13.7 Å². The van der Waals surface area contributed by atoms with Crippen LogP contribution in [-0.2, 0) is 11.2 Å². The van der Waals surface area contributed by atoms with Crippen LogP contribution in [0.4, 0.5) is 10.1 Å². The molecule has 0 saturated carbocycles. The summed E-state index contributed by atoms with van der Waals surface area (Å²) < 4.78 is 18.1. The number of anilines is 1. The van der Waals surface area contributed by atoms with Crippen molar-refractivity contribution >= 4 is 23.4 Å². The number of hydrogen-bond acceptors (Lipinski definition) is 5. The smallest absolute Gasteiger partial charge is 0.227 e. The van der Waals surface area contributed by atoms with E-state index in [9.17, 15) is 9.18 Å². The Balaban J connectivity index is 1.54. The summed E-state index contributed by atoms with van der Waals surface area (Å²) in [5, 5.41) is 6.68. The van der Waals surface area contributed by atoms with Crippen molar-refractivity contribution in [1.82, 2.24) is 10.1 Å². The SMILES string of the molecule is CSc1ccc(NC(=O)CCc2nc(-c3ccc(F)cc3)no2)cc1. The van der Waals surface area contributed by atoms with Gasteiger partial charge in [0.15, 0.2) is 0 Å². The van der Waals surface area contributed by atoms with Gasteiger partial charge in [-0.3, -0.25) is 4.79 Å². The van der Waals surface area contributed by atoms with E-state index in [-0.39, 0.29) is 18.1 Å². The molecule has 2 aromatic carbocycles. The molecule has 0 aliphatic rings. The van der Waals surface area contributed by atoms with E-state index >= 15 is 0 Å². The zero-order valence-electron chi connectivity index (χ0n) is 13.5. The lowest BCUT2D eigenvalue weighted by Gasteiger charge is -2.04. The van der Waals surface area contributed by atoms with E-state index in [1.54, 1.807) is 23.9 Å². The topological polar surface area (TPSA) is 68.0 Å². The number of hydrogen-bond donors (Lipinski definition) is 1. The van der Waals surface area contributed by atoms with Crippen molar-refractivity contribution in [1.29, 1.82) is 0 Å². The molecule has 0 saturated heterocycles. The fourth-order valence-electron chi connectivity index (χ4n) is 2.19. The molecule has 1 amide bonds. The zero-order valence-corrected chi connectivity index (χ0v) is 14.3. The van der Waals surface area contributed by atoms with E-state index in [1.807, 2.05) is 30.5 Å². The molecule has 128 valence electrons. The highest BCUT2D eigenvalue weighted by Crippen LogP contribution is 2.18.